The Morgan fingerprint density at radius 2 is 1.77 bits per heavy atom. The molecule has 26 heavy (non-hydrogen) atoms. The first-order valence-corrected chi connectivity index (χ1v) is 8.79. The molecule has 0 unspecified atom stereocenters. The zero-order valence-electron chi connectivity index (χ0n) is 13.6. The van der Waals surface area contributed by atoms with E-state index in [2.05, 4.69) is 4.98 Å². The van der Waals surface area contributed by atoms with Crippen LogP contribution in [0.4, 0.5) is 13.2 Å². The van der Waals surface area contributed by atoms with E-state index in [1.165, 1.54) is 0 Å². The molecule has 134 valence electrons. The van der Waals surface area contributed by atoms with E-state index < -0.39 is 24.1 Å². The number of halogens is 4. The normalized spacial score (nSPS) is 11.0. The fourth-order valence-corrected chi connectivity index (χ4v) is 3.53. The maximum atomic E-state index is 15.2. The maximum Gasteiger partial charge on any atom is 0.164 e. The van der Waals surface area contributed by atoms with E-state index in [0.717, 1.165) is 30.0 Å². The molecule has 0 spiro atoms. The minimum Gasteiger partial charge on any atom is -0.392 e. The van der Waals surface area contributed by atoms with E-state index in [4.69, 9.17) is 11.6 Å². The Bertz CT molecular complexity index is 964. The van der Waals surface area contributed by atoms with Gasteiger partial charge in [-0.05, 0) is 49.4 Å². The Hall–Kier alpha value is -2.02. The number of pyridine rings is 1. The van der Waals surface area contributed by atoms with Gasteiger partial charge in [-0.2, -0.15) is 0 Å². The van der Waals surface area contributed by atoms with Gasteiger partial charge < -0.3 is 5.11 Å². The number of hydrogen-bond acceptors (Lipinski definition) is 3. The van der Waals surface area contributed by atoms with Gasteiger partial charge in [-0.3, -0.25) is 0 Å². The predicted molar refractivity (Wildman–Crippen MR) is 95.8 cm³/mol. The van der Waals surface area contributed by atoms with Crippen molar-refractivity contribution in [3.63, 3.8) is 0 Å². The summed E-state index contributed by atoms with van der Waals surface area (Å²) in [5.74, 6) is -2.30. The van der Waals surface area contributed by atoms with Crippen molar-refractivity contribution in [1.29, 1.82) is 0 Å². The number of nitrogens with zero attached hydrogens (tertiary/aromatic N) is 1. The van der Waals surface area contributed by atoms with Crippen LogP contribution in [-0.2, 0) is 6.61 Å². The molecule has 1 N–H and O–H groups in total. The molecule has 1 heterocycles. The second-order valence-corrected chi connectivity index (χ2v) is 7.01. The molecule has 0 aliphatic rings. The van der Waals surface area contributed by atoms with Gasteiger partial charge in [0.05, 0.1) is 6.61 Å². The molecule has 0 amide bonds. The molecule has 0 aliphatic heterocycles. The van der Waals surface area contributed by atoms with Gasteiger partial charge >= 0.3 is 0 Å². The lowest BCUT2D eigenvalue weighted by molar-refractivity contribution is 0.280. The number of aromatic nitrogens is 1. The number of aryl methyl sites for hydroxylation is 1. The molecule has 0 saturated carbocycles. The molecule has 0 radical (unpaired) electrons. The van der Waals surface area contributed by atoms with E-state index >= 15 is 4.39 Å². The molecule has 1 aromatic heterocycles. The van der Waals surface area contributed by atoms with Gasteiger partial charge in [0.25, 0.3) is 0 Å². The van der Waals surface area contributed by atoms with Crippen LogP contribution in [0, 0.1) is 24.4 Å². The number of aliphatic hydroxyl groups excluding tert-OH is 1. The van der Waals surface area contributed by atoms with Crippen LogP contribution in [0.25, 0.3) is 11.1 Å². The number of aliphatic hydroxyl groups is 1. The lowest BCUT2D eigenvalue weighted by atomic mass is 9.98. The van der Waals surface area contributed by atoms with Crippen molar-refractivity contribution in [1.82, 2.24) is 4.98 Å². The molecule has 2 aromatic carbocycles. The van der Waals surface area contributed by atoms with Gasteiger partial charge in [0.15, 0.2) is 5.82 Å². The Morgan fingerprint density at radius 1 is 1.08 bits per heavy atom. The summed E-state index contributed by atoms with van der Waals surface area (Å²) >= 11 is 6.88. The first-order valence-electron chi connectivity index (χ1n) is 7.59. The summed E-state index contributed by atoms with van der Waals surface area (Å²) in [6.45, 7) is 1.03. The highest BCUT2D eigenvalue weighted by Gasteiger charge is 2.22. The monoisotopic (exact) mass is 395 g/mol. The zero-order valence-corrected chi connectivity index (χ0v) is 15.1. The van der Waals surface area contributed by atoms with Gasteiger partial charge in [0.1, 0.15) is 16.7 Å². The van der Waals surface area contributed by atoms with E-state index in [9.17, 15) is 13.9 Å². The average molecular weight is 396 g/mol. The Balaban J connectivity index is 2.18. The lowest BCUT2D eigenvalue weighted by Gasteiger charge is -2.15. The predicted octanol–water partition coefficient (Wildman–Crippen LogP) is 5.77. The second-order valence-electron chi connectivity index (χ2n) is 5.51. The van der Waals surface area contributed by atoms with Crippen LogP contribution >= 0.6 is 23.4 Å². The molecule has 0 atom stereocenters. The number of hydrogen-bond donors (Lipinski definition) is 1. The Kier molecular flexibility index (Phi) is 5.55. The van der Waals surface area contributed by atoms with Crippen LogP contribution in [0.5, 0.6) is 0 Å². The van der Waals surface area contributed by atoms with Gasteiger partial charge in [0.2, 0.25) is 0 Å². The Morgan fingerprint density at radius 3 is 2.42 bits per heavy atom. The smallest absolute Gasteiger partial charge is 0.164 e. The van der Waals surface area contributed by atoms with Crippen LogP contribution in [0.3, 0.4) is 0 Å². The summed E-state index contributed by atoms with van der Waals surface area (Å²) in [6, 6.07) is 9.49. The minimum absolute atomic E-state index is 0.000633. The van der Waals surface area contributed by atoms with Gasteiger partial charge in [-0.15, -0.1) is 0 Å². The molecular formula is C19H13ClF3NOS. The standard InChI is InChI=1S/C19H13ClF3NOS/c1-10-15(9-25)17(14-8-12(21)4-7-16(14)22)18(23)19(24-10)26-13-5-2-11(20)3-6-13/h2-8,25H,9H2,1H3. The first kappa shape index (κ1) is 18.8. The molecule has 0 aliphatic carbocycles. The summed E-state index contributed by atoms with van der Waals surface area (Å²) in [5.41, 5.74) is 0.0138. The van der Waals surface area contributed by atoms with Gasteiger partial charge in [-0.25, -0.2) is 18.2 Å². The molecule has 7 heteroatoms. The summed E-state index contributed by atoms with van der Waals surface area (Å²) < 4.78 is 43.0. The van der Waals surface area contributed by atoms with Crippen LogP contribution in [-0.4, -0.2) is 10.1 Å². The first-order chi connectivity index (χ1) is 12.4. The van der Waals surface area contributed by atoms with E-state index in [1.807, 2.05) is 0 Å². The SMILES string of the molecule is Cc1nc(Sc2ccc(Cl)cc2)c(F)c(-c2cc(F)ccc2F)c1CO. The van der Waals surface area contributed by atoms with E-state index in [1.54, 1.807) is 31.2 Å². The van der Waals surface area contributed by atoms with Crippen molar-refractivity contribution in [2.75, 3.05) is 0 Å². The van der Waals surface area contributed by atoms with Crippen LogP contribution in [0.2, 0.25) is 5.02 Å². The third kappa shape index (κ3) is 3.72. The van der Waals surface area contributed by atoms with Crippen molar-refractivity contribution < 1.29 is 18.3 Å². The maximum absolute atomic E-state index is 15.2. The van der Waals surface area contributed by atoms with Crippen LogP contribution in [0.1, 0.15) is 11.3 Å². The highest BCUT2D eigenvalue weighted by atomic mass is 35.5. The van der Waals surface area contributed by atoms with E-state index in [0.29, 0.717) is 15.6 Å². The van der Waals surface area contributed by atoms with Crippen LogP contribution < -0.4 is 0 Å². The molecule has 2 nitrogen and oxygen atoms in total. The van der Waals surface area contributed by atoms with Crippen molar-refractivity contribution >= 4 is 23.4 Å². The van der Waals surface area contributed by atoms with Gasteiger partial charge in [0, 0.05) is 32.3 Å². The van der Waals surface area contributed by atoms with Crippen molar-refractivity contribution in [3.05, 3.63) is 76.2 Å². The number of rotatable bonds is 4. The molecule has 3 aromatic rings. The molecule has 0 fully saturated rings. The zero-order chi connectivity index (χ0) is 18.8. The van der Waals surface area contributed by atoms with Crippen molar-refractivity contribution in [3.8, 4) is 11.1 Å². The molecule has 0 bridgehead atoms. The molecule has 0 saturated heterocycles. The van der Waals surface area contributed by atoms with Crippen molar-refractivity contribution in [2.45, 2.75) is 23.5 Å². The summed E-state index contributed by atoms with van der Waals surface area (Å²) in [5, 5.41) is 10.2. The van der Waals surface area contributed by atoms with Crippen LogP contribution in [0.15, 0.2) is 52.4 Å². The van der Waals surface area contributed by atoms with Gasteiger partial charge in [-0.1, -0.05) is 23.4 Å². The minimum atomic E-state index is -0.816. The summed E-state index contributed by atoms with van der Waals surface area (Å²) in [4.78, 5) is 4.86. The average Bonchev–Trinajstić information content (AvgIpc) is 2.61. The highest BCUT2D eigenvalue weighted by molar-refractivity contribution is 7.99. The Labute approximate surface area is 157 Å². The topological polar surface area (TPSA) is 33.1 Å². The fraction of sp³-hybridized carbons (Fsp3) is 0.105. The third-order valence-electron chi connectivity index (χ3n) is 3.80. The fourth-order valence-electron chi connectivity index (χ4n) is 2.53. The lowest BCUT2D eigenvalue weighted by Crippen LogP contribution is -2.04. The molecule has 3 rings (SSSR count). The van der Waals surface area contributed by atoms with E-state index in [-0.39, 0.29) is 21.7 Å². The quantitative estimate of drug-likeness (QED) is 0.608. The highest BCUT2D eigenvalue weighted by Crippen LogP contribution is 2.38. The summed E-state index contributed by atoms with van der Waals surface area (Å²) in [6.07, 6.45) is 0. The second kappa shape index (κ2) is 7.70. The van der Waals surface area contributed by atoms with Crippen molar-refractivity contribution in [2.24, 2.45) is 0 Å². The number of benzene rings is 2. The molecular weight excluding hydrogens is 383 g/mol. The summed E-state index contributed by atoms with van der Waals surface area (Å²) in [7, 11) is 0. The third-order valence-corrected chi connectivity index (χ3v) is 5.02. The largest absolute Gasteiger partial charge is 0.392 e.